The molecule has 0 saturated carbocycles. The molecular weight excluding hydrogens is 327 g/mol. The Morgan fingerprint density at radius 1 is 0.760 bits per heavy atom. The highest BCUT2D eigenvalue weighted by Crippen LogP contribution is 2.47. The summed E-state index contributed by atoms with van der Waals surface area (Å²) in [6.07, 6.45) is 1.06. The first-order chi connectivity index (χ1) is 12.2. The summed E-state index contributed by atoms with van der Waals surface area (Å²) >= 11 is 0. The number of carbonyl (C=O) groups is 1. The van der Waals surface area contributed by atoms with Gasteiger partial charge in [0.05, 0.1) is 0 Å². The number of ketones is 1. The molecule has 0 N–H and O–H groups in total. The minimum atomic E-state index is -2.86. The standard InChI is InChI=1S/C22H19O2P/c23-22-18(15-17-9-7-8-14-21(17)22)16-25(24,19-10-3-1-4-11-19)20-12-5-2-6-13-20/h1-14,18H,15-16H2/t18-/m1/s1. The molecule has 124 valence electrons. The van der Waals surface area contributed by atoms with Crippen molar-refractivity contribution in [3.63, 3.8) is 0 Å². The van der Waals surface area contributed by atoms with Crippen LogP contribution in [0.15, 0.2) is 84.9 Å². The van der Waals surface area contributed by atoms with E-state index in [0.717, 1.165) is 21.7 Å². The van der Waals surface area contributed by atoms with Gasteiger partial charge in [-0.05, 0) is 12.0 Å². The smallest absolute Gasteiger partial charge is 0.167 e. The summed E-state index contributed by atoms with van der Waals surface area (Å²) in [6, 6.07) is 26.9. The second-order valence-corrected chi connectivity index (χ2v) is 9.39. The van der Waals surface area contributed by atoms with E-state index < -0.39 is 7.14 Å². The summed E-state index contributed by atoms with van der Waals surface area (Å²) in [6.45, 7) is 0. The van der Waals surface area contributed by atoms with E-state index in [1.54, 1.807) is 0 Å². The van der Waals surface area contributed by atoms with Crippen LogP contribution in [0.3, 0.4) is 0 Å². The molecule has 4 rings (SSSR count). The van der Waals surface area contributed by atoms with Crippen molar-refractivity contribution in [1.29, 1.82) is 0 Å². The second kappa shape index (κ2) is 6.46. The molecule has 0 heterocycles. The van der Waals surface area contributed by atoms with Crippen molar-refractivity contribution in [1.82, 2.24) is 0 Å². The fourth-order valence-corrected chi connectivity index (χ4v) is 6.61. The average Bonchev–Trinajstić information content (AvgIpc) is 2.99. The summed E-state index contributed by atoms with van der Waals surface area (Å²) in [7, 11) is -2.86. The molecule has 1 atom stereocenters. The molecule has 0 aromatic heterocycles. The van der Waals surface area contributed by atoms with Crippen LogP contribution in [-0.2, 0) is 11.0 Å². The third-order valence-corrected chi connectivity index (χ3v) is 8.16. The molecule has 0 saturated heterocycles. The van der Waals surface area contributed by atoms with Crippen molar-refractivity contribution >= 4 is 23.5 Å². The van der Waals surface area contributed by atoms with Crippen molar-refractivity contribution in [3.8, 4) is 0 Å². The van der Waals surface area contributed by atoms with Crippen LogP contribution in [0, 0.1) is 5.92 Å². The Balaban J connectivity index is 1.74. The fraction of sp³-hybridized carbons (Fsp3) is 0.136. The average molecular weight is 346 g/mol. The van der Waals surface area contributed by atoms with Crippen LogP contribution in [0.1, 0.15) is 15.9 Å². The Bertz CT molecular complexity index is 905. The summed E-state index contributed by atoms with van der Waals surface area (Å²) in [4.78, 5) is 12.8. The molecule has 2 nitrogen and oxygen atoms in total. The maximum Gasteiger partial charge on any atom is 0.167 e. The molecule has 0 amide bonds. The lowest BCUT2D eigenvalue weighted by molar-refractivity contribution is 0.0947. The Hall–Kier alpha value is -2.44. The van der Waals surface area contributed by atoms with E-state index in [1.807, 2.05) is 84.9 Å². The lowest BCUT2D eigenvalue weighted by Gasteiger charge is -2.22. The topological polar surface area (TPSA) is 34.1 Å². The van der Waals surface area contributed by atoms with Crippen LogP contribution < -0.4 is 10.6 Å². The van der Waals surface area contributed by atoms with Gasteiger partial charge in [-0.25, -0.2) is 0 Å². The maximum atomic E-state index is 14.1. The molecule has 0 aliphatic heterocycles. The van der Waals surface area contributed by atoms with Crippen LogP contribution in [0.25, 0.3) is 0 Å². The van der Waals surface area contributed by atoms with Gasteiger partial charge >= 0.3 is 0 Å². The van der Waals surface area contributed by atoms with E-state index in [1.165, 1.54) is 0 Å². The molecule has 3 aromatic rings. The Labute approximate surface area is 147 Å². The zero-order valence-electron chi connectivity index (χ0n) is 13.8. The predicted molar refractivity (Wildman–Crippen MR) is 103 cm³/mol. The maximum absolute atomic E-state index is 14.1. The van der Waals surface area contributed by atoms with E-state index in [9.17, 15) is 9.36 Å². The summed E-state index contributed by atoms with van der Waals surface area (Å²) < 4.78 is 14.1. The molecule has 0 fully saturated rings. The Kier molecular flexibility index (Phi) is 4.15. The van der Waals surface area contributed by atoms with Crippen molar-refractivity contribution in [2.75, 3.05) is 6.16 Å². The van der Waals surface area contributed by atoms with E-state index in [4.69, 9.17) is 0 Å². The first-order valence-corrected chi connectivity index (χ1v) is 10.4. The lowest BCUT2D eigenvalue weighted by Crippen LogP contribution is -2.25. The van der Waals surface area contributed by atoms with Crippen LogP contribution in [0.2, 0.25) is 0 Å². The molecule has 0 unspecified atom stereocenters. The highest BCUT2D eigenvalue weighted by Gasteiger charge is 2.37. The zero-order chi connectivity index (χ0) is 17.3. The summed E-state index contributed by atoms with van der Waals surface area (Å²) in [5.41, 5.74) is 1.87. The number of rotatable bonds is 4. The van der Waals surface area contributed by atoms with Crippen molar-refractivity contribution < 1.29 is 9.36 Å². The molecule has 0 radical (unpaired) electrons. The van der Waals surface area contributed by atoms with Crippen molar-refractivity contribution in [2.24, 2.45) is 5.92 Å². The van der Waals surface area contributed by atoms with Gasteiger partial charge < -0.3 is 4.57 Å². The molecule has 25 heavy (non-hydrogen) atoms. The third kappa shape index (κ3) is 2.88. The largest absolute Gasteiger partial charge is 0.314 e. The second-order valence-electron chi connectivity index (χ2n) is 6.52. The van der Waals surface area contributed by atoms with Crippen molar-refractivity contribution in [3.05, 3.63) is 96.1 Å². The van der Waals surface area contributed by atoms with Gasteiger partial charge in [0.1, 0.15) is 7.14 Å². The summed E-state index contributed by atoms with van der Waals surface area (Å²) in [5.74, 6) is -0.0914. The van der Waals surface area contributed by atoms with E-state index in [-0.39, 0.29) is 11.7 Å². The number of carbonyl (C=O) groups excluding carboxylic acids is 1. The molecule has 1 aliphatic carbocycles. The van der Waals surface area contributed by atoms with Crippen molar-refractivity contribution in [2.45, 2.75) is 6.42 Å². The van der Waals surface area contributed by atoms with Gasteiger partial charge in [0, 0.05) is 28.3 Å². The first kappa shape index (κ1) is 16.1. The van der Waals surface area contributed by atoms with Gasteiger partial charge in [-0.2, -0.15) is 0 Å². The normalized spacial score (nSPS) is 16.6. The first-order valence-electron chi connectivity index (χ1n) is 8.51. The molecule has 3 heteroatoms. The number of hydrogen-bond donors (Lipinski definition) is 0. The highest BCUT2D eigenvalue weighted by atomic mass is 31.2. The number of benzene rings is 3. The van der Waals surface area contributed by atoms with E-state index in [2.05, 4.69) is 0 Å². The fourth-order valence-electron chi connectivity index (χ4n) is 3.67. The van der Waals surface area contributed by atoms with Gasteiger partial charge in [-0.1, -0.05) is 84.9 Å². The molecule has 0 bridgehead atoms. The number of fused-ring (bicyclic) bond motifs is 1. The third-order valence-electron chi connectivity index (χ3n) is 4.94. The Morgan fingerprint density at radius 2 is 1.28 bits per heavy atom. The molecular formula is C22H19O2P. The SMILES string of the molecule is O=C1c2ccccc2C[C@@H]1CP(=O)(c1ccccc1)c1ccccc1. The minimum absolute atomic E-state index is 0.127. The number of hydrogen-bond acceptors (Lipinski definition) is 2. The van der Waals surface area contributed by atoms with Crippen LogP contribution in [0.4, 0.5) is 0 Å². The quantitative estimate of drug-likeness (QED) is 0.668. The van der Waals surface area contributed by atoms with Crippen LogP contribution in [-0.4, -0.2) is 11.9 Å². The van der Waals surface area contributed by atoms with Gasteiger partial charge in [0.25, 0.3) is 0 Å². The van der Waals surface area contributed by atoms with E-state index >= 15 is 0 Å². The summed E-state index contributed by atoms with van der Waals surface area (Å²) in [5, 5.41) is 1.65. The Morgan fingerprint density at radius 3 is 1.84 bits per heavy atom. The van der Waals surface area contributed by atoms with Gasteiger partial charge in [-0.15, -0.1) is 0 Å². The van der Waals surface area contributed by atoms with Gasteiger partial charge in [-0.3, -0.25) is 4.79 Å². The minimum Gasteiger partial charge on any atom is -0.314 e. The zero-order valence-corrected chi connectivity index (χ0v) is 14.7. The van der Waals surface area contributed by atoms with Gasteiger partial charge in [0.15, 0.2) is 5.78 Å². The lowest BCUT2D eigenvalue weighted by atomic mass is 10.1. The predicted octanol–water partition coefficient (Wildman–Crippen LogP) is 4.06. The number of Topliss-reactive ketones (excluding diaryl/α,β-unsaturated/α-hetero) is 1. The van der Waals surface area contributed by atoms with Crippen LogP contribution >= 0.6 is 7.14 Å². The van der Waals surface area contributed by atoms with Crippen LogP contribution in [0.5, 0.6) is 0 Å². The molecule has 3 aromatic carbocycles. The van der Waals surface area contributed by atoms with Gasteiger partial charge in [0.2, 0.25) is 0 Å². The highest BCUT2D eigenvalue weighted by molar-refractivity contribution is 7.78. The monoisotopic (exact) mass is 346 g/mol. The molecule has 0 spiro atoms. The molecule has 1 aliphatic rings. The van der Waals surface area contributed by atoms with E-state index in [0.29, 0.717) is 12.6 Å².